The number of hydrogen-bond donors (Lipinski definition) is 1. The number of nitrogens with zero attached hydrogens (tertiary/aromatic N) is 2. The molecular formula is C14H19N3O2. The molecule has 0 unspecified atom stereocenters. The molecule has 1 saturated heterocycles. The molecule has 0 aliphatic carbocycles. The SMILES string of the molecule is CN(C(=O)N1CCNCC1)c1ccc2c(c1)CCO2. The lowest BCUT2D eigenvalue weighted by Crippen LogP contribution is -2.50. The molecule has 19 heavy (non-hydrogen) atoms. The second kappa shape index (κ2) is 5.09. The Morgan fingerprint density at radius 3 is 2.95 bits per heavy atom. The van der Waals surface area contributed by atoms with Gasteiger partial charge in [0.2, 0.25) is 0 Å². The van der Waals surface area contributed by atoms with Crippen LogP contribution in [0.4, 0.5) is 10.5 Å². The van der Waals surface area contributed by atoms with E-state index in [1.54, 1.807) is 4.90 Å². The molecule has 2 aliphatic heterocycles. The van der Waals surface area contributed by atoms with Crippen LogP contribution in [0.2, 0.25) is 0 Å². The minimum absolute atomic E-state index is 0.0698. The van der Waals surface area contributed by atoms with Gasteiger partial charge >= 0.3 is 6.03 Å². The number of carbonyl (C=O) groups is 1. The minimum Gasteiger partial charge on any atom is -0.493 e. The summed E-state index contributed by atoms with van der Waals surface area (Å²) in [5.41, 5.74) is 2.13. The summed E-state index contributed by atoms with van der Waals surface area (Å²) in [7, 11) is 1.84. The number of amides is 2. The van der Waals surface area contributed by atoms with Gasteiger partial charge in [0.1, 0.15) is 5.75 Å². The zero-order valence-electron chi connectivity index (χ0n) is 11.2. The summed E-state index contributed by atoms with van der Waals surface area (Å²) in [6, 6.07) is 6.03. The number of carbonyl (C=O) groups excluding carboxylic acids is 1. The summed E-state index contributed by atoms with van der Waals surface area (Å²) in [5.74, 6) is 0.951. The summed E-state index contributed by atoms with van der Waals surface area (Å²) in [5, 5.41) is 3.25. The summed E-state index contributed by atoms with van der Waals surface area (Å²) in [6.45, 7) is 4.04. The monoisotopic (exact) mass is 261 g/mol. The molecule has 2 heterocycles. The number of hydrogen-bond acceptors (Lipinski definition) is 3. The second-order valence-electron chi connectivity index (χ2n) is 4.97. The smallest absolute Gasteiger partial charge is 0.324 e. The van der Waals surface area contributed by atoms with E-state index in [1.807, 2.05) is 24.1 Å². The molecule has 5 heteroatoms. The maximum absolute atomic E-state index is 12.4. The fourth-order valence-corrected chi connectivity index (χ4v) is 2.56. The van der Waals surface area contributed by atoms with Gasteiger partial charge in [0.25, 0.3) is 0 Å². The van der Waals surface area contributed by atoms with Gasteiger partial charge < -0.3 is 15.0 Å². The fourth-order valence-electron chi connectivity index (χ4n) is 2.56. The van der Waals surface area contributed by atoms with Crippen LogP contribution in [0, 0.1) is 0 Å². The Morgan fingerprint density at radius 1 is 1.37 bits per heavy atom. The van der Waals surface area contributed by atoms with Crippen LogP contribution in [0.3, 0.4) is 0 Å². The number of ether oxygens (including phenoxy) is 1. The van der Waals surface area contributed by atoms with E-state index < -0.39 is 0 Å². The molecule has 2 amide bonds. The highest BCUT2D eigenvalue weighted by molar-refractivity contribution is 5.91. The number of fused-ring (bicyclic) bond motifs is 1. The first-order valence-electron chi connectivity index (χ1n) is 6.75. The van der Waals surface area contributed by atoms with Gasteiger partial charge in [-0.15, -0.1) is 0 Å². The summed E-state index contributed by atoms with van der Waals surface area (Å²) < 4.78 is 5.49. The van der Waals surface area contributed by atoms with Crippen molar-refractivity contribution >= 4 is 11.7 Å². The molecule has 1 fully saturated rings. The average Bonchev–Trinajstić information content (AvgIpc) is 2.94. The molecule has 0 spiro atoms. The van der Waals surface area contributed by atoms with E-state index in [2.05, 4.69) is 11.4 Å². The van der Waals surface area contributed by atoms with Gasteiger partial charge in [0.05, 0.1) is 6.61 Å². The predicted octanol–water partition coefficient (Wildman–Crippen LogP) is 1.08. The van der Waals surface area contributed by atoms with Crippen LogP contribution >= 0.6 is 0 Å². The van der Waals surface area contributed by atoms with E-state index in [9.17, 15) is 4.79 Å². The van der Waals surface area contributed by atoms with Crippen molar-refractivity contribution in [1.29, 1.82) is 0 Å². The highest BCUT2D eigenvalue weighted by Gasteiger charge is 2.22. The molecule has 5 nitrogen and oxygen atoms in total. The van der Waals surface area contributed by atoms with E-state index in [1.165, 1.54) is 5.56 Å². The summed E-state index contributed by atoms with van der Waals surface area (Å²) in [6.07, 6.45) is 0.929. The van der Waals surface area contributed by atoms with Crippen molar-refractivity contribution in [2.75, 3.05) is 44.7 Å². The number of piperazine rings is 1. The Morgan fingerprint density at radius 2 is 2.16 bits per heavy atom. The molecular weight excluding hydrogens is 242 g/mol. The van der Waals surface area contributed by atoms with E-state index in [4.69, 9.17) is 4.74 Å². The predicted molar refractivity (Wildman–Crippen MR) is 73.9 cm³/mol. The Labute approximate surface area is 113 Å². The van der Waals surface area contributed by atoms with Crippen molar-refractivity contribution in [1.82, 2.24) is 10.2 Å². The van der Waals surface area contributed by atoms with Gasteiger partial charge in [0, 0.05) is 45.3 Å². The van der Waals surface area contributed by atoms with Gasteiger partial charge in [-0.05, 0) is 23.8 Å². The topological polar surface area (TPSA) is 44.8 Å². The molecule has 0 radical (unpaired) electrons. The number of benzene rings is 1. The van der Waals surface area contributed by atoms with Crippen molar-refractivity contribution in [3.63, 3.8) is 0 Å². The molecule has 0 atom stereocenters. The van der Waals surface area contributed by atoms with E-state index >= 15 is 0 Å². The normalized spacial score (nSPS) is 17.8. The van der Waals surface area contributed by atoms with Crippen LogP contribution in [-0.2, 0) is 6.42 Å². The number of urea groups is 1. The van der Waals surface area contributed by atoms with Gasteiger partial charge in [-0.25, -0.2) is 4.79 Å². The van der Waals surface area contributed by atoms with Gasteiger partial charge in [0.15, 0.2) is 0 Å². The average molecular weight is 261 g/mol. The zero-order valence-corrected chi connectivity index (χ0v) is 11.2. The van der Waals surface area contributed by atoms with Crippen molar-refractivity contribution in [2.45, 2.75) is 6.42 Å². The Kier molecular flexibility index (Phi) is 3.29. The third-order valence-electron chi connectivity index (χ3n) is 3.73. The maximum atomic E-state index is 12.4. The third-order valence-corrected chi connectivity index (χ3v) is 3.73. The highest BCUT2D eigenvalue weighted by atomic mass is 16.5. The van der Waals surface area contributed by atoms with Crippen molar-refractivity contribution in [3.05, 3.63) is 23.8 Å². The number of anilines is 1. The molecule has 0 saturated carbocycles. The maximum Gasteiger partial charge on any atom is 0.324 e. The van der Waals surface area contributed by atoms with Crippen molar-refractivity contribution in [3.8, 4) is 5.75 Å². The lowest BCUT2D eigenvalue weighted by molar-refractivity contribution is 0.198. The summed E-state index contributed by atoms with van der Waals surface area (Å²) >= 11 is 0. The third kappa shape index (κ3) is 2.38. The highest BCUT2D eigenvalue weighted by Crippen LogP contribution is 2.29. The molecule has 1 aromatic rings. The molecule has 102 valence electrons. The van der Waals surface area contributed by atoms with Crippen molar-refractivity contribution in [2.24, 2.45) is 0 Å². The first kappa shape index (κ1) is 12.3. The van der Waals surface area contributed by atoms with Crippen LogP contribution in [0.25, 0.3) is 0 Å². The van der Waals surface area contributed by atoms with Crippen LogP contribution in [0.5, 0.6) is 5.75 Å². The fraction of sp³-hybridized carbons (Fsp3) is 0.500. The number of nitrogens with one attached hydrogen (secondary N) is 1. The Balaban J connectivity index is 1.75. The minimum atomic E-state index is 0.0698. The quantitative estimate of drug-likeness (QED) is 0.823. The second-order valence-corrected chi connectivity index (χ2v) is 4.97. The van der Waals surface area contributed by atoms with E-state index in [-0.39, 0.29) is 6.03 Å². The van der Waals surface area contributed by atoms with Crippen LogP contribution in [-0.4, -0.2) is 50.8 Å². The molecule has 1 N–H and O–H groups in total. The van der Waals surface area contributed by atoms with E-state index in [0.29, 0.717) is 0 Å². The van der Waals surface area contributed by atoms with Crippen molar-refractivity contribution < 1.29 is 9.53 Å². The first-order chi connectivity index (χ1) is 9.25. The van der Waals surface area contributed by atoms with Crippen LogP contribution in [0.1, 0.15) is 5.56 Å². The lowest BCUT2D eigenvalue weighted by atomic mass is 10.1. The van der Waals surface area contributed by atoms with Crippen LogP contribution < -0.4 is 15.0 Å². The standard InChI is InChI=1S/C14H19N3O2/c1-16(14(18)17-7-5-15-6-8-17)12-2-3-13-11(10-12)4-9-19-13/h2-3,10,15H,4-9H2,1H3. The molecule has 1 aromatic carbocycles. The largest absolute Gasteiger partial charge is 0.493 e. The van der Waals surface area contributed by atoms with Gasteiger partial charge in [-0.2, -0.15) is 0 Å². The zero-order chi connectivity index (χ0) is 13.2. The molecule has 2 aliphatic rings. The summed E-state index contributed by atoms with van der Waals surface area (Å²) in [4.78, 5) is 16.0. The number of rotatable bonds is 1. The van der Waals surface area contributed by atoms with E-state index in [0.717, 1.165) is 50.6 Å². The molecule has 3 rings (SSSR count). The van der Waals surface area contributed by atoms with Crippen LogP contribution in [0.15, 0.2) is 18.2 Å². The molecule has 0 aromatic heterocycles. The molecule has 0 bridgehead atoms. The first-order valence-corrected chi connectivity index (χ1v) is 6.75. The lowest BCUT2D eigenvalue weighted by Gasteiger charge is -2.31. The Hall–Kier alpha value is -1.75. The Bertz CT molecular complexity index is 484. The van der Waals surface area contributed by atoms with Gasteiger partial charge in [-0.3, -0.25) is 4.90 Å². The van der Waals surface area contributed by atoms with Gasteiger partial charge in [-0.1, -0.05) is 0 Å².